The summed E-state index contributed by atoms with van der Waals surface area (Å²) >= 11 is 0. The summed E-state index contributed by atoms with van der Waals surface area (Å²) in [7, 11) is 1.73. The van der Waals surface area contributed by atoms with Crippen molar-refractivity contribution in [2.75, 3.05) is 46.6 Å². The molecule has 1 fully saturated rings. The Kier molecular flexibility index (Phi) is 7.91. The Hall–Kier alpha value is -0.160. The second-order valence-corrected chi connectivity index (χ2v) is 5.65. The molecular weight excluding hydrogens is 240 g/mol. The van der Waals surface area contributed by atoms with Crippen molar-refractivity contribution in [2.24, 2.45) is 0 Å². The summed E-state index contributed by atoms with van der Waals surface area (Å²) in [5, 5.41) is 3.73. The van der Waals surface area contributed by atoms with Crippen molar-refractivity contribution in [3.05, 3.63) is 0 Å². The summed E-state index contributed by atoms with van der Waals surface area (Å²) in [6.07, 6.45) is 3.38. The minimum atomic E-state index is 0.308. The molecule has 0 aliphatic carbocycles. The van der Waals surface area contributed by atoms with E-state index in [1.807, 2.05) is 0 Å². The molecule has 1 aliphatic heterocycles. The highest BCUT2D eigenvalue weighted by atomic mass is 16.5. The number of nitrogens with zero attached hydrogens (tertiary/aromatic N) is 1. The molecule has 0 spiro atoms. The van der Waals surface area contributed by atoms with E-state index >= 15 is 0 Å². The first-order valence-electron chi connectivity index (χ1n) is 7.73. The Morgan fingerprint density at radius 1 is 1.21 bits per heavy atom. The molecule has 4 nitrogen and oxygen atoms in total. The number of hydrogen-bond acceptors (Lipinski definition) is 4. The van der Waals surface area contributed by atoms with Gasteiger partial charge in [0, 0.05) is 51.5 Å². The molecule has 1 atom stereocenters. The molecule has 19 heavy (non-hydrogen) atoms. The van der Waals surface area contributed by atoms with Crippen LogP contribution in [0.15, 0.2) is 0 Å². The van der Waals surface area contributed by atoms with Gasteiger partial charge in [0.1, 0.15) is 0 Å². The van der Waals surface area contributed by atoms with E-state index in [1.165, 1.54) is 12.8 Å². The zero-order chi connectivity index (χ0) is 14.1. The normalized spacial score (nSPS) is 23.7. The first-order chi connectivity index (χ1) is 9.17. The fourth-order valence-corrected chi connectivity index (χ4v) is 2.71. The number of methoxy groups -OCH3 is 1. The maximum absolute atomic E-state index is 5.68. The number of nitrogens with one attached hydrogen (secondary N) is 1. The first-order valence-corrected chi connectivity index (χ1v) is 7.73. The van der Waals surface area contributed by atoms with Gasteiger partial charge in [-0.05, 0) is 26.2 Å². The van der Waals surface area contributed by atoms with Gasteiger partial charge in [-0.1, -0.05) is 13.8 Å². The second kappa shape index (κ2) is 8.90. The van der Waals surface area contributed by atoms with Gasteiger partial charge in [-0.25, -0.2) is 0 Å². The molecule has 0 bridgehead atoms. The van der Waals surface area contributed by atoms with Crippen LogP contribution in [0.5, 0.6) is 0 Å². The molecule has 0 aromatic carbocycles. The van der Waals surface area contributed by atoms with Crippen molar-refractivity contribution in [1.29, 1.82) is 0 Å². The van der Waals surface area contributed by atoms with E-state index in [0.29, 0.717) is 11.6 Å². The maximum Gasteiger partial charge on any atom is 0.0593 e. The van der Waals surface area contributed by atoms with E-state index in [1.54, 1.807) is 7.11 Å². The molecule has 4 heteroatoms. The topological polar surface area (TPSA) is 33.7 Å². The van der Waals surface area contributed by atoms with Gasteiger partial charge in [0.15, 0.2) is 0 Å². The van der Waals surface area contributed by atoms with Gasteiger partial charge >= 0.3 is 0 Å². The van der Waals surface area contributed by atoms with Crippen LogP contribution in [0.4, 0.5) is 0 Å². The Morgan fingerprint density at radius 3 is 2.58 bits per heavy atom. The Morgan fingerprint density at radius 2 is 1.95 bits per heavy atom. The molecule has 1 unspecified atom stereocenters. The molecule has 1 aliphatic rings. The van der Waals surface area contributed by atoms with Crippen LogP contribution < -0.4 is 5.32 Å². The third kappa shape index (κ3) is 5.38. The van der Waals surface area contributed by atoms with Crippen LogP contribution in [0, 0.1) is 0 Å². The Bertz CT molecular complexity index is 232. The van der Waals surface area contributed by atoms with Crippen molar-refractivity contribution in [3.63, 3.8) is 0 Å². The zero-order valence-electron chi connectivity index (χ0n) is 13.2. The lowest BCUT2D eigenvalue weighted by Gasteiger charge is -2.46. The van der Waals surface area contributed by atoms with Gasteiger partial charge in [-0.15, -0.1) is 0 Å². The number of piperazine rings is 1. The van der Waals surface area contributed by atoms with Crippen LogP contribution in [0.2, 0.25) is 0 Å². The van der Waals surface area contributed by atoms with Crippen LogP contribution in [0.1, 0.15) is 40.0 Å². The summed E-state index contributed by atoms with van der Waals surface area (Å²) in [6.45, 7) is 12.6. The van der Waals surface area contributed by atoms with Crippen LogP contribution in [-0.2, 0) is 9.47 Å². The largest absolute Gasteiger partial charge is 0.385 e. The van der Waals surface area contributed by atoms with Crippen LogP contribution in [-0.4, -0.2) is 63.0 Å². The second-order valence-electron chi connectivity index (χ2n) is 5.65. The van der Waals surface area contributed by atoms with Crippen molar-refractivity contribution >= 4 is 0 Å². The lowest BCUT2D eigenvalue weighted by molar-refractivity contribution is 0.0378. The third-order valence-corrected chi connectivity index (χ3v) is 4.42. The minimum absolute atomic E-state index is 0.308. The predicted molar refractivity (Wildman–Crippen MR) is 79.7 cm³/mol. The summed E-state index contributed by atoms with van der Waals surface area (Å²) in [4.78, 5) is 2.57. The standard InChI is InChI=1S/C15H32N2O2/c1-5-15(6-2)13-17(14(3)12-16-15)8-11-19-10-7-9-18-4/h14,16H,5-13H2,1-4H3. The highest BCUT2D eigenvalue weighted by molar-refractivity contribution is 4.95. The smallest absolute Gasteiger partial charge is 0.0593 e. The number of rotatable bonds is 9. The fraction of sp³-hybridized carbons (Fsp3) is 1.00. The van der Waals surface area contributed by atoms with Gasteiger partial charge in [-0.3, -0.25) is 4.90 Å². The predicted octanol–water partition coefficient (Wildman–Crippen LogP) is 1.89. The molecule has 0 aromatic heterocycles. The molecule has 1 rings (SSSR count). The maximum atomic E-state index is 5.68. The molecule has 1 heterocycles. The van der Waals surface area contributed by atoms with Gasteiger partial charge in [0.25, 0.3) is 0 Å². The van der Waals surface area contributed by atoms with Gasteiger partial charge in [0.2, 0.25) is 0 Å². The molecule has 1 saturated heterocycles. The van der Waals surface area contributed by atoms with Crippen molar-refractivity contribution < 1.29 is 9.47 Å². The van der Waals surface area contributed by atoms with E-state index in [0.717, 1.165) is 45.9 Å². The summed E-state index contributed by atoms with van der Waals surface area (Å²) in [6, 6.07) is 0.605. The van der Waals surface area contributed by atoms with Crippen LogP contribution in [0.25, 0.3) is 0 Å². The van der Waals surface area contributed by atoms with E-state index < -0.39 is 0 Å². The molecule has 1 N–H and O–H groups in total. The molecule has 0 amide bonds. The zero-order valence-corrected chi connectivity index (χ0v) is 13.2. The fourth-order valence-electron chi connectivity index (χ4n) is 2.71. The van der Waals surface area contributed by atoms with Crippen LogP contribution >= 0.6 is 0 Å². The minimum Gasteiger partial charge on any atom is -0.385 e. The van der Waals surface area contributed by atoms with E-state index in [9.17, 15) is 0 Å². The van der Waals surface area contributed by atoms with E-state index in [-0.39, 0.29) is 0 Å². The van der Waals surface area contributed by atoms with Gasteiger partial charge in [0.05, 0.1) is 6.61 Å². The summed E-state index contributed by atoms with van der Waals surface area (Å²) in [5.74, 6) is 0. The van der Waals surface area contributed by atoms with Gasteiger partial charge in [-0.2, -0.15) is 0 Å². The van der Waals surface area contributed by atoms with Gasteiger partial charge < -0.3 is 14.8 Å². The average Bonchev–Trinajstić information content (AvgIpc) is 2.45. The quantitative estimate of drug-likeness (QED) is 0.650. The van der Waals surface area contributed by atoms with Crippen LogP contribution in [0.3, 0.4) is 0 Å². The molecule has 0 aromatic rings. The number of hydrogen-bond donors (Lipinski definition) is 1. The van der Waals surface area contributed by atoms with E-state index in [2.05, 4.69) is 31.0 Å². The van der Waals surface area contributed by atoms with Crippen molar-refractivity contribution in [3.8, 4) is 0 Å². The highest BCUT2D eigenvalue weighted by Gasteiger charge is 2.34. The summed E-state index contributed by atoms with van der Waals surface area (Å²) < 4.78 is 10.7. The number of ether oxygens (including phenoxy) is 2. The Labute approximate surface area is 118 Å². The average molecular weight is 272 g/mol. The molecule has 0 saturated carbocycles. The third-order valence-electron chi connectivity index (χ3n) is 4.42. The molecule has 0 radical (unpaired) electrons. The van der Waals surface area contributed by atoms with Crippen molar-refractivity contribution in [2.45, 2.75) is 51.6 Å². The SMILES string of the molecule is CCC1(CC)CN(CCOCCCOC)C(C)CN1. The van der Waals surface area contributed by atoms with Crippen molar-refractivity contribution in [1.82, 2.24) is 10.2 Å². The first kappa shape index (κ1) is 16.9. The lowest BCUT2D eigenvalue weighted by atomic mass is 9.89. The monoisotopic (exact) mass is 272 g/mol. The molecular formula is C15H32N2O2. The summed E-state index contributed by atoms with van der Waals surface area (Å²) in [5.41, 5.74) is 0.308. The lowest BCUT2D eigenvalue weighted by Crippen LogP contribution is -2.63. The molecule has 114 valence electrons. The van der Waals surface area contributed by atoms with E-state index in [4.69, 9.17) is 9.47 Å². The Balaban J connectivity index is 2.26. The highest BCUT2D eigenvalue weighted by Crippen LogP contribution is 2.22.